The van der Waals surface area contributed by atoms with E-state index in [0.717, 1.165) is 5.56 Å². The second kappa shape index (κ2) is 8.64. The Morgan fingerprint density at radius 1 is 1.00 bits per heavy atom. The lowest BCUT2D eigenvalue weighted by Crippen LogP contribution is -2.32. The fourth-order valence-corrected chi connectivity index (χ4v) is 2.40. The van der Waals surface area contributed by atoms with Gasteiger partial charge >= 0.3 is 0 Å². The fraction of sp³-hybridized carbons (Fsp3) is 0.143. The van der Waals surface area contributed by atoms with E-state index in [1.54, 1.807) is 53.5 Å². The molecule has 25 heavy (non-hydrogen) atoms. The molecular weight excluding hydrogens is 312 g/mol. The van der Waals surface area contributed by atoms with Crippen molar-refractivity contribution in [2.75, 3.05) is 18.4 Å². The molecule has 0 aliphatic rings. The molecule has 4 nitrogen and oxygen atoms in total. The highest BCUT2D eigenvalue weighted by atomic mass is 16.2. The molecule has 0 atom stereocenters. The first kappa shape index (κ1) is 18.2. The van der Waals surface area contributed by atoms with Crippen molar-refractivity contribution in [1.82, 2.24) is 4.90 Å². The van der Waals surface area contributed by atoms with Gasteiger partial charge in [0.2, 0.25) is 0 Å². The molecule has 1 N–H and O–H groups in total. The molecule has 2 rings (SSSR count). The van der Waals surface area contributed by atoms with Gasteiger partial charge in [-0.25, -0.2) is 0 Å². The van der Waals surface area contributed by atoms with E-state index < -0.39 is 0 Å². The van der Waals surface area contributed by atoms with Gasteiger partial charge in [-0.2, -0.15) is 0 Å². The summed E-state index contributed by atoms with van der Waals surface area (Å²) in [6.07, 6.45) is 3.32. The Hall–Kier alpha value is -3.14. The smallest absolute Gasteiger partial charge is 0.256 e. The molecule has 2 amide bonds. The SMILES string of the molecule is C=CCN(CC=C)C(=O)c1ccccc1NC(=O)c1ccc(C)cc1. The summed E-state index contributed by atoms with van der Waals surface area (Å²) < 4.78 is 0. The Kier molecular flexibility index (Phi) is 6.29. The number of anilines is 1. The lowest BCUT2D eigenvalue weighted by Gasteiger charge is -2.21. The van der Waals surface area contributed by atoms with E-state index >= 15 is 0 Å². The Balaban J connectivity index is 2.26. The zero-order valence-electron chi connectivity index (χ0n) is 14.4. The normalized spacial score (nSPS) is 9.96. The zero-order chi connectivity index (χ0) is 18.2. The quantitative estimate of drug-likeness (QED) is 0.776. The van der Waals surface area contributed by atoms with E-state index in [0.29, 0.717) is 29.9 Å². The molecule has 0 saturated heterocycles. The monoisotopic (exact) mass is 334 g/mol. The molecule has 0 bridgehead atoms. The van der Waals surface area contributed by atoms with E-state index in [1.165, 1.54) is 0 Å². The van der Waals surface area contributed by atoms with Crippen molar-refractivity contribution in [1.29, 1.82) is 0 Å². The van der Waals surface area contributed by atoms with Crippen LogP contribution in [0.4, 0.5) is 5.69 Å². The number of hydrogen-bond acceptors (Lipinski definition) is 2. The highest BCUT2D eigenvalue weighted by Gasteiger charge is 2.18. The molecule has 2 aromatic rings. The predicted molar refractivity (Wildman–Crippen MR) is 102 cm³/mol. The van der Waals surface area contributed by atoms with Crippen molar-refractivity contribution in [3.63, 3.8) is 0 Å². The first-order chi connectivity index (χ1) is 12.1. The second-order valence-electron chi connectivity index (χ2n) is 5.65. The average molecular weight is 334 g/mol. The van der Waals surface area contributed by atoms with Crippen LogP contribution >= 0.6 is 0 Å². The molecule has 0 aliphatic carbocycles. The van der Waals surface area contributed by atoms with Crippen molar-refractivity contribution < 1.29 is 9.59 Å². The number of rotatable bonds is 7. The van der Waals surface area contributed by atoms with Gasteiger partial charge in [0.15, 0.2) is 0 Å². The number of benzene rings is 2. The maximum Gasteiger partial charge on any atom is 0.256 e. The van der Waals surface area contributed by atoms with Crippen molar-refractivity contribution in [3.05, 3.63) is 90.5 Å². The minimum atomic E-state index is -0.251. The maximum atomic E-state index is 12.8. The molecule has 0 fully saturated rings. The first-order valence-corrected chi connectivity index (χ1v) is 8.05. The zero-order valence-corrected chi connectivity index (χ0v) is 14.4. The Morgan fingerprint density at radius 3 is 2.20 bits per heavy atom. The number of amides is 2. The van der Waals surface area contributed by atoms with Crippen LogP contribution in [0.5, 0.6) is 0 Å². The first-order valence-electron chi connectivity index (χ1n) is 8.05. The summed E-state index contributed by atoms with van der Waals surface area (Å²) in [6, 6.07) is 14.3. The van der Waals surface area contributed by atoms with Crippen LogP contribution in [0, 0.1) is 6.92 Å². The third kappa shape index (κ3) is 4.67. The molecule has 2 aromatic carbocycles. The van der Waals surface area contributed by atoms with Gasteiger partial charge in [0.05, 0.1) is 11.3 Å². The standard InChI is InChI=1S/C21H22N2O2/c1-4-14-23(15-5-2)21(25)18-8-6-7-9-19(18)22-20(24)17-12-10-16(3)11-13-17/h4-13H,1-2,14-15H2,3H3,(H,22,24). The predicted octanol–water partition coefficient (Wildman–Crippen LogP) is 4.06. The summed E-state index contributed by atoms with van der Waals surface area (Å²) in [5, 5.41) is 2.83. The van der Waals surface area contributed by atoms with Crippen molar-refractivity contribution >= 4 is 17.5 Å². The molecule has 0 aromatic heterocycles. The Bertz CT molecular complexity index is 769. The maximum absolute atomic E-state index is 12.8. The van der Waals surface area contributed by atoms with Crippen LogP contribution in [0.3, 0.4) is 0 Å². The van der Waals surface area contributed by atoms with E-state index in [4.69, 9.17) is 0 Å². The molecule has 0 radical (unpaired) electrons. The van der Waals surface area contributed by atoms with E-state index in [9.17, 15) is 9.59 Å². The molecule has 0 saturated carbocycles. The van der Waals surface area contributed by atoms with Gasteiger partial charge in [-0.05, 0) is 31.2 Å². The van der Waals surface area contributed by atoms with Gasteiger partial charge in [-0.1, -0.05) is 42.0 Å². The van der Waals surface area contributed by atoms with Crippen LogP contribution in [0.15, 0.2) is 73.8 Å². The molecule has 0 aliphatic heterocycles. The van der Waals surface area contributed by atoms with Crippen LogP contribution < -0.4 is 5.32 Å². The average Bonchev–Trinajstić information content (AvgIpc) is 2.62. The second-order valence-corrected chi connectivity index (χ2v) is 5.65. The summed E-state index contributed by atoms with van der Waals surface area (Å²) in [5.74, 6) is -0.432. The number of aryl methyl sites for hydroxylation is 1. The number of carbonyl (C=O) groups excluding carboxylic acids is 2. The van der Waals surface area contributed by atoms with E-state index in [1.807, 2.05) is 19.1 Å². The number of hydrogen-bond donors (Lipinski definition) is 1. The van der Waals surface area contributed by atoms with Crippen molar-refractivity contribution in [2.24, 2.45) is 0 Å². The molecular formula is C21H22N2O2. The number of nitrogens with zero attached hydrogens (tertiary/aromatic N) is 1. The van der Waals surface area contributed by atoms with Crippen molar-refractivity contribution in [3.8, 4) is 0 Å². The van der Waals surface area contributed by atoms with Crippen LogP contribution in [-0.2, 0) is 0 Å². The Morgan fingerprint density at radius 2 is 1.60 bits per heavy atom. The van der Waals surface area contributed by atoms with Crippen LogP contribution in [0.1, 0.15) is 26.3 Å². The minimum Gasteiger partial charge on any atom is -0.331 e. The minimum absolute atomic E-state index is 0.181. The van der Waals surface area contributed by atoms with Gasteiger partial charge in [0, 0.05) is 18.7 Å². The molecule has 0 heterocycles. The van der Waals surface area contributed by atoms with Gasteiger partial charge in [0.25, 0.3) is 11.8 Å². The number of carbonyl (C=O) groups is 2. The summed E-state index contributed by atoms with van der Waals surface area (Å²) in [6.45, 7) is 10.1. The highest BCUT2D eigenvalue weighted by Crippen LogP contribution is 2.19. The summed E-state index contributed by atoms with van der Waals surface area (Å²) >= 11 is 0. The summed E-state index contributed by atoms with van der Waals surface area (Å²) in [4.78, 5) is 26.8. The van der Waals surface area contributed by atoms with Crippen LogP contribution in [-0.4, -0.2) is 29.8 Å². The van der Waals surface area contributed by atoms with Gasteiger partial charge < -0.3 is 10.2 Å². The molecule has 0 spiro atoms. The van der Waals surface area contributed by atoms with Crippen LogP contribution in [0.2, 0.25) is 0 Å². The molecule has 0 unspecified atom stereocenters. The van der Waals surface area contributed by atoms with Crippen LogP contribution in [0.25, 0.3) is 0 Å². The van der Waals surface area contributed by atoms with Crippen molar-refractivity contribution in [2.45, 2.75) is 6.92 Å². The molecule has 128 valence electrons. The Labute approximate surface area is 148 Å². The van der Waals surface area contributed by atoms with Gasteiger partial charge in [0.1, 0.15) is 0 Å². The summed E-state index contributed by atoms with van der Waals surface area (Å²) in [5.41, 5.74) is 2.54. The fourth-order valence-electron chi connectivity index (χ4n) is 2.40. The third-order valence-electron chi connectivity index (χ3n) is 3.71. The van der Waals surface area contributed by atoms with E-state index in [-0.39, 0.29) is 11.8 Å². The largest absolute Gasteiger partial charge is 0.331 e. The third-order valence-corrected chi connectivity index (χ3v) is 3.71. The topological polar surface area (TPSA) is 49.4 Å². The number of nitrogens with one attached hydrogen (secondary N) is 1. The summed E-state index contributed by atoms with van der Waals surface area (Å²) in [7, 11) is 0. The van der Waals surface area contributed by atoms with Gasteiger partial charge in [-0.3, -0.25) is 9.59 Å². The molecule has 4 heteroatoms. The number of para-hydroxylation sites is 1. The lowest BCUT2D eigenvalue weighted by molar-refractivity contribution is 0.0792. The van der Waals surface area contributed by atoms with Gasteiger partial charge in [-0.15, -0.1) is 13.2 Å². The lowest BCUT2D eigenvalue weighted by atomic mass is 10.1. The van der Waals surface area contributed by atoms with E-state index in [2.05, 4.69) is 18.5 Å². The highest BCUT2D eigenvalue weighted by molar-refractivity contribution is 6.09.